The number of hydrogen-bond acceptors (Lipinski definition) is 8. The van der Waals surface area contributed by atoms with E-state index in [0.29, 0.717) is 45.3 Å². The summed E-state index contributed by atoms with van der Waals surface area (Å²) in [5.41, 5.74) is 0.634. The summed E-state index contributed by atoms with van der Waals surface area (Å²) in [6.07, 6.45) is -0.256. The molecule has 186 valence electrons. The molecular formula is C24H27ClN4O5S. The van der Waals surface area contributed by atoms with Crippen molar-refractivity contribution in [3.8, 4) is 11.5 Å². The molecule has 0 aliphatic rings. The molecule has 0 spiro atoms. The van der Waals surface area contributed by atoms with Gasteiger partial charge in [0.15, 0.2) is 22.5 Å². The van der Waals surface area contributed by atoms with Gasteiger partial charge < -0.3 is 24.1 Å². The number of amides is 1. The van der Waals surface area contributed by atoms with Crippen LogP contribution in [0.15, 0.2) is 47.6 Å². The van der Waals surface area contributed by atoms with Crippen molar-refractivity contribution in [2.24, 2.45) is 0 Å². The van der Waals surface area contributed by atoms with Crippen LogP contribution in [0.2, 0.25) is 5.02 Å². The molecule has 0 bridgehead atoms. The summed E-state index contributed by atoms with van der Waals surface area (Å²) in [6.45, 7) is 6.29. The zero-order valence-electron chi connectivity index (χ0n) is 19.9. The largest absolute Gasteiger partial charge is 0.493 e. The summed E-state index contributed by atoms with van der Waals surface area (Å²) >= 11 is 7.44. The molecule has 0 saturated heterocycles. The molecular weight excluding hydrogens is 492 g/mol. The van der Waals surface area contributed by atoms with Crippen LogP contribution < -0.4 is 14.8 Å². The smallest absolute Gasteiger partial charge is 0.338 e. The lowest BCUT2D eigenvalue weighted by Crippen LogP contribution is -2.16. The van der Waals surface area contributed by atoms with E-state index in [1.54, 1.807) is 33.1 Å². The highest BCUT2D eigenvalue weighted by molar-refractivity contribution is 7.99. The fraction of sp³-hybridized carbons (Fsp3) is 0.333. The van der Waals surface area contributed by atoms with Crippen LogP contribution in [0.5, 0.6) is 11.5 Å². The number of ether oxygens (including phenoxy) is 3. The third-order valence-electron chi connectivity index (χ3n) is 4.69. The number of anilines is 1. The minimum Gasteiger partial charge on any atom is -0.493 e. The Balaban J connectivity index is 1.61. The van der Waals surface area contributed by atoms with Crippen molar-refractivity contribution in [3.05, 3.63) is 58.9 Å². The maximum atomic E-state index is 12.6. The molecule has 0 atom stereocenters. The van der Waals surface area contributed by atoms with Gasteiger partial charge in [-0.05, 0) is 51.1 Å². The van der Waals surface area contributed by atoms with Gasteiger partial charge >= 0.3 is 5.97 Å². The summed E-state index contributed by atoms with van der Waals surface area (Å²) in [5, 5.41) is 12.0. The van der Waals surface area contributed by atoms with Gasteiger partial charge in [-0.15, -0.1) is 10.2 Å². The number of esters is 1. The Hall–Kier alpha value is -3.24. The van der Waals surface area contributed by atoms with E-state index in [2.05, 4.69) is 15.5 Å². The van der Waals surface area contributed by atoms with Gasteiger partial charge in [-0.25, -0.2) is 4.79 Å². The van der Waals surface area contributed by atoms with Gasteiger partial charge in [0.05, 0.1) is 35.2 Å². The number of para-hydroxylation sites is 2. The quantitative estimate of drug-likeness (QED) is 0.284. The van der Waals surface area contributed by atoms with E-state index in [-0.39, 0.29) is 24.4 Å². The number of rotatable bonds is 11. The Bertz CT molecular complexity index is 1180. The number of methoxy groups -OCH3 is 1. The highest BCUT2D eigenvalue weighted by Gasteiger charge is 2.17. The minimum absolute atomic E-state index is 0.0719. The van der Waals surface area contributed by atoms with Crippen LogP contribution in [0.4, 0.5) is 5.69 Å². The molecule has 0 radical (unpaired) electrons. The number of nitrogens with zero attached hydrogens (tertiary/aromatic N) is 3. The maximum Gasteiger partial charge on any atom is 0.338 e. The zero-order valence-corrected chi connectivity index (χ0v) is 21.5. The second kappa shape index (κ2) is 12.5. The highest BCUT2D eigenvalue weighted by atomic mass is 35.5. The topological polar surface area (TPSA) is 105 Å². The molecule has 1 amide bonds. The summed E-state index contributed by atoms with van der Waals surface area (Å²) in [7, 11) is 1.58. The van der Waals surface area contributed by atoms with E-state index in [0.717, 1.165) is 0 Å². The van der Waals surface area contributed by atoms with E-state index in [4.69, 9.17) is 25.8 Å². The van der Waals surface area contributed by atoms with Crippen LogP contribution in [0.1, 0.15) is 37.0 Å². The second-order valence-electron chi connectivity index (χ2n) is 7.57. The summed E-state index contributed by atoms with van der Waals surface area (Å²) in [4.78, 5) is 24.7. The number of halogens is 1. The van der Waals surface area contributed by atoms with Gasteiger partial charge in [-0.3, -0.25) is 4.79 Å². The van der Waals surface area contributed by atoms with Crippen LogP contribution >= 0.6 is 23.4 Å². The predicted octanol–water partition coefficient (Wildman–Crippen LogP) is 4.84. The van der Waals surface area contributed by atoms with Crippen molar-refractivity contribution in [2.75, 3.05) is 18.2 Å². The Labute approximate surface area is 213 Å². The lowest BCUT2D eigenvalue weighted by molar-refractivity contribution is -0.113. The van der Waals surface area contributed by atoms with E-state index in [1.807, 2.05) is 35.8 Å². The number of nitrogens with one attached hydrogen (secondary N) is 1. The van der Waals surface area contributed by atoms with Crippen molar-refractivity contribution < 1.29 is 23.8 Å². The van der Waals surface area contributed by atoms with Crippen LogP contribution in [-0.4, -0.2) is 45.6 Å². The lowest BCUT2D eigenvalue weighted by atomic mass is 10.2. The Morgan fingerprint density at radius 1 is 1.14 bits per heavy atom. The Morgan fingerprint density at radius 2 is 1.89 bits per heavy atom. The molecule has 2 aromatic carbocycles. The van der Waals surface area contributed by atoms with Gasteiger partial charge in [-0.2, -0.15) is 0 Å². The summed E-state index contributed by atoms with van der Waals surface area (Å²) in [6, 6.07) is 11.9. The summed E-state index contributed by atoms with van der Waals surface area (Å²) < 4.78 is 18.2. The first-order chi connectivity index (χ1) is 16.8. The Morgan fingerprint density at radius 3 is 2.57 bits per heavy atom. The molecule has 0 fully saturated rings. The molecule has 3 aromatic rings. The first kappa shape index (κ1) is 26.4. The van der Waals surface area contributed by atoms with E-state index in [9.17, 15) is 9.59 Å². The summed E-state index contributed by atoms with van der Waals surface area (Å²) in [5.74, 6) is 1.14. The molecule has 1 heterocycles. The van der Waals surface area contributed by atoms with Crippen molar-refractivity contribution in [2.45, 2.75) is 45.2 Å². The van der Waals surface area contributed by atoms with Crippen molar-refractivity contribution >= 4 is 40.9 Å². The molecule has 1 N–H and O–H groups in total. The minimum atomic E-state index is -0.486. The normalized spacial score (nSPS) is 10.8. The van der Waals surface area contributed by atoms with Gasteiger partial charge in [-0.1, -0.05) is 35.5 Å². The first-order valence-corrected chi connectivity index (χ1v) is 12.3. The molecule has 11 heteroatoms. The average molecular weight is 519 g/mol. The van der Waals surface area contributed by atoms with E-state index in [1.165, 1.54) is 17.8 Å². The van der Waals surface area contributed by atoms with E-state index >= 15 is 0 Å². The van der Waals surface area contributed by atoms with Gasteiger partial charge in [0.2, 0.25) is 5.91 Å². The fourth-order valence-corrected chi connectivity index (χ4v) is 4.06. The third kappa shape index (κ3) is 7.12. The van der Waals surface area contributed by atoms with Crippen LogP contribution in [0.3, 0.4) is 0 Å². The Kier molecular flexibility index (Phi) is 9.39. The number of hydrogen-bond donors (Lipinski definition) is 1. The van der Waals surface area contributed by atoms with Crippen molar-refractivity contribution in [1.82, 2.24) is 14.8 Å². The molecule has 0 aliphatic carbocycles. The maximum absolute atomic E-state index is 12.6. The fourth-order valence-electron chi connectivity index (χ4n) is 3.08. The third-order valence-corrected chi connectivity index (χ3v) is 5.98. The standard InChI is InChI=1S/C24H27ClN4O5S/c1-5-29-21(13-33-20-9-7-6-8-19(20)32-4)27-28-24(29)35-14-22(30)26-18-12-16(10-11-17(18)25)23(31)34-15(2)3/h6-12,15H,5,13-14H2,1-4H3,(H,26,30). The molecule has 0 aliphatic heterocycles. The molecule has 3 rings (SSSR count). The number of aromatic nitrogens is 3. The highest BCUT2D eigenvalue weighted by Crippen LogP contribution is 2.27. The van der Waals surface area contributed by atoms with Gasteiger partial charge in [0, 0.05) is 6.54 Å². The number of thioether (sulfide) groups is 1. The number of carbonyl (C=O) groups is 2. The molecule has 0 unspecified atom stereocenters. The van der Waals surface area contributed by atoms with Crippen LogP contribution in [0, 0.1) is 0 Å². The van der Waals surface area contributed by atoms with Crippen LogP contribution in [0.25, 0.3) is 0 Å². The second-order valence-corrected chi connectivity index (χ2v) is 8.92. The predicted molar refractivity (Wildman–Crippen MR) is 134 cm³/mol. The van der Waals surface area contributed by atoms with Crippen molar-refractivity contribution in [3.63, 3.8) is 0 Å². The molecule has 0 saturated carbocycles. The lowest BCUT2D eigenvalue weighted by Gasteiger charge is -2.12. The van der Waals surface area contributed by atoms with Crippen molar-refractivity contribution in [1.29, 1.82) is 0 Å². The van der Waals surface area contributed by atoms with Crippen LogP contribution in [-0.2, 0) is 22.7 Å². The van der Waals surface area contributed by atoms with Gasteiger partial charge in [0.1, 0.15) is 6.61 Å². The molecule has 1 aromatic heterocycles. The SMILES string of the molecule is CCn1c(COc2ccccc2OC)nnc1SCC(=O)Nc1cc(C(=O)OC(C)C)ccc1Cl. The monoisotopic (exact) mass is 518 g/mol. The van der Waals surface area contributed by atoms with Gasteiger partial charge in [0.25, 0.3) is 0 Å². The first-order valence-electron chi connectivity index (χ1n) is 10.9. The number of benzene rings is 2. The molecule has 35 heavy (non-hydrogen) atoms. The zero-order chi connectivity index (χ0) is 25.4. The number of carbonyl (C=O) groups excluding carboxylic acids is 2. The van der Waals surface area contributed by atoms with E-state index < -0.39 is 5.97 Å². The molecule has 9 nitrogen and oxygen atoms in total. The average Bonchev–Trinajstić information content (AvgIpc) is 3.24.